The molecular weight excluding hydrogens is 344 g/mol. The Morgan fingerprint density at radius 1 is 0.889 bits per heavy atom. The highest BCUT2D eigenvalue weighted by Crippen LogP contribution is 2.20. The zero-order valence-corrected chi connectivity index (χ0v) is 16.6. The van der Waals surface area contributed by atoms with Gasteiger partial charge in [0.15, 0.2) is 0 Å². The number of nitrogens with one attached hydrogen (secondary N) is 1. The van der Waals surface area contributed by atoms with Crippen molar-refractivity contribution in [3.63, 3.8) is 0 Å². The average molecular weight is 374 g/mol. The number of amides is 3. The van der Waals surface area contributed by atoms with Gasteiger partial charge in [-0.15, -0.1) is 0 Å². The molecule has 1 aromatic carbocycles. The van der Waals surface area contributed by atoms with Gasteiger partial charge in [-0.25, -0.2) is 4.79 Å². The van der Waals surface area contributed by atoms with Crippen LogP contribution in [-0.4, -0.2) is 85.7 Å². The van der Waals surface area contributed by atoms with Crippen LogP contribution in [-0.2, 0) is 9.53 Å². The summed E-state index contributed by atoms with van der Waals surface area (Å²) in [5, 5.41) is 3.03. The summed E-state index contributed by atoms with van der Waals surface area (Å²) in [4.78, 5) is 30.8. The lowest BCUT2D eigenvalue weighted by atomic mass is 10.1. The fourth-order valence-electron chi connectivity index (χ4n) is 3.50. The van der Waals surface area contributed by atoms with Crippen molar-refractivity contribution in [1.82, 2.24) is 14.7 Å². The summed E-state index contributed by atoms with van der Waals surface area (Å²) in [7, 11) is 0. The third-order valence-corrected chi connectivity index (χ3v) is 5.46. The van der Waals surface area contributed by atoms with Gasteiger partial charge in [0.2, 0.25) is 5.91 Å². The van der Waals surface area contributed by atoms with Gasteiger partial charge in [-0.05, 0) is 43.5 Å². The van der Waals surface area contributed by atoms with E-state index in [9.17, 15) is 9.59 Å². The summed E-state index contributed by atoms with van der Waals surface area (Å²) in [5.41, 5.74) is 4.33. The molecule has 0 unspecified atom stereocenters. The first-order chi connectivity index (χ1) is 12.9. The summed E-state index contributed by atoms with van der Waals surface area (Å²) in [6.07, 6.45) is 0. The molecule has 2 aliphatic heterocycles. The highest BCUT2D eigenvalue weighted by molar-refractivity contribution is 5.90. The number of piperazine rings is 1. The Labute approximate surface area is 161 Å². The maximum absolute atomic E-state index is 12.6. The molecule has 2 fully saturated rings. The number of carbonyl (C=O) groups excluding carboxylic acids is 2. The van der Waals surface area contributed by atoms with Gasteiger partial charge in [0, 0.05) is 45.0 Å². The van der Waals surface area contributed by atoms with Crippen molar-refractivity contribution >= 4 is 17.6 Å². The van der Waals surface area contributed by atoms with E-state index >= 15 is 0 Å². The van der Waals surface area contributed by atoms with Crippen molar-refractivity contribution < 1.29 is 14.3 Å². The number of morpholine rings is 1. The summed E-state index contributed by atoms with van der Waals surface area (Å²) in [6, 6.07) is 4.06. The number of anilines is 1. The van der Waals surface area contributed by atoms with Crippen molar-refractivity contribution in [2.75, 3.05) is 64.3 Å². The van der Waals surface area contributed by atoms with Crippen LogP contribution in [0.4, 0.5) is 10.5 Å². The van der Waals surface area contributed by atoms with Crippen molar-refractivity contribution in [2.24, 2.45) is 0 Å². The van der Waals surface area contributed by atoms with Crippen LogP contribution in [0.5, 0.6) is 0 Å². The van der Waals surface area contributed by atoms with Crippen LogP contribution in [0.15, 0.2) is 12.1 Å². The van der Waals surface area contributed by atoms with Crippen LogP contribution in [0.25, 0.3) is 0 Å². The number of carbonyl (C=O) groups is 2. The molecule has 3 rings (SSSR count). The molecule has 0 radical (unpaired) electrons. The number of benzene rings is 1. The Kier molecular flexibility index (Phi) is 6.34. The molecule has 27 heavy (non-hydrogen) atoms. The van der Waals surface area contributed by atoms with Crippen LogP contribution in [0.3, 0.4) is 0 Å². The van der Waals surface area contributed by atoms with Crippen LogP contribution >= 0.6 is 0 Å². The molecule has 0 saturated carbocycles. The number of hydrogen-bond acceptors (Lipinski definition) is 4. The maximum Gasteiger partial charge on any atom is 0.321 e. The largest absolute Gasteiger partial charge is 0.378 e. The molecule has 148 valence electrons. The summed E-state index contributed by atoms with van der Waals surface area (Å²) >= 11 is 0. The van der Waals surface area contributed by atoms with Gasteiger partial charge in [0.25, 0.3) is 0 Å². The first-order valence-electron chi connectivity index (χ1n) is 9.65. The molecule has 0 aliphatic carbocycles. The second-order valence-electron chi connectivity index (χ2n) is 7.44. The van der Waals surface area contributed by atoms with Crippen molar-refractivity contribution in [3.05, 3.63) is 28.8 Å². The molecule has 2 saturated heterocycles. The van der Waals surface area contributed by atoms with Crippen LogP contribution < -0.4 is 5.32 Å². The second kappa shape index (κ2) is 8.71. The van der Waals surface area contributed by atoms with Gasteiger partial charge in [-0.1, -0.05) is 6.07 Å². The third kappa shape index (κ3) is 4.99. The minimum Gasteiger partial charge on any atom is -0.378 e. The maximum atomic E-state index is 12.6. The van der Waals surface area contributed by atoms with E-state index in [0.29, 0.717) is 45.9 Å². The Bertz CT molecular complexity index is 693. The van der Waals surface area contributed by atoms with E-state index in [0.717, 1.165) is 24.3 Å². The molecule has 1 aromatic rings. The Morgan fingerprint density at radius 3 is 2.19 bits per heavy atom. The minimum atomic E-state index is -0.0690. The van der Waals surface area contributed by atoms with Crippen LogP contribution in [0.1, 0.15) is 16.7 Å². The number of rotatable bonds is 3. The smallest absolute Gasteiger partial charge is 0.321 e. The molecule has 0 spiro atoms. The van der Waals surface area contributed by atoms with E-state index in [4.69, 9.17) is 4.74 Å². The van der Waals surface area contributed by atoms with E-state index in [1.165, 1.54) is 11.1 Å². The Hall–Kier alpha value is -2.12. The summed E-state index contributed by atoms with van der Waals surface area (Å²) in [6.45, 7) is 11.9. The molecular formula is C20H30N4O3. The second-order valence-corrected chi connectivity index (χ2v) is 7.44. The standard InChI is InChI=1S/C20H30N4O3/c1-15-12-17(3)18(13-16(15)2)21-20(26)24-6-4-22(5-7-24)14-19(25)23-8-10-27-11-9-23/h12-13H,4-11,14H2,1-3H3,(H,21,26). The van der Waals surface area contributed by atoms with Crippen LogP contribution in [0.2, 0.25) is 0 Å². The molecule has 0 atom stereocenters. The van der Waals surface area contributed by atoms with Crippen molar-refractivity contribution in [3.8, 4) is 0 Å². The van der Waals surface area contributed by atoms with Gasteiger partial charge in [0.05, 0.1) is 19.8 Å². The number of hydrogen-bond donors (Lipinski definition) is 1. The predicted octanol–water partition coefficient (Wildman–Crippen LogP) is 1.62. The van der Waals surface area contributed by atoms with Gasteiger partial charge in [-0.2, -0.15) is 0 Å². The molecule has 0 aromatic heterocycles. The van der Waals surface area contributed by atoms with Crippen molar-refractivity contribution in [1.29, 1.82) is 0 Å². The number of aryl methyl sites for hydroxylation is 3. The SMILES string of the molecule is Cc1cc(C)c(NC(=O)N2CCN(CC(=O)N3CCOCC3)CC2)cc1C. The summed E-state index contributed by atoms with van der Waals surface area (Å²) < 4.78 is 5.29. The highest BCUT2D eigenvalue weighted by Gasteiger charge is 2.25. The molecule has 7 nitrogen and oxygen atoms in total. The molecule has 2 heterocycles. The number of urea groups is 1. The molecule has 2 aliphatic rings. The number of ether oxygens (including phenoxy) is 1. The number of nitrogens with zero attached hydrogens (tertiary/aromatic N) is 3. The first kappa shape index (κ1) is 19.6. The van der Waals surface area contributed by atoms with Gasteiger partial charge in [0.1, 0.15) is 0 Å². The lowest BCUT2D eigenvalue weighted by Gasteiger charge is -2.36. The molecule has 3 amide bonds. The quantitative estimate of drug-likeness (QED) is 0.873. The Balaban J connectivity index is 1.48. The molecule has 0 bridgehead atoms. The van der Waals surface area contributed by atoms with E-state index in [1.807, 2.05) is 22.8 Å². The zero-order chi connectivity index (χ0) is 19.4. The van der Waals surface area contributed by atoms with E-state index < -0.39 is 0 Å². The third-order valence-electron chi connectivity index (χ3n) is 5.46. The lowest BCUT2D eigenvalue weighted by Crippen LogP contribution is -2.53. The van der Waals surface area contributed by atoms with E-state index in [2.05, 4.69) is 30.1 Å². The van der Waals surface area contributed by atoms with Crippen molar-refractivity contribution in [2.45, 2.75) is 20.8 Å². The molecule has 1 N–H and O–H groups in total. The fraction of sp³-hybridized carbons (Fsp3) is 0.600. The topological polar surface area (TPSA) is 65.1 Å². The van der Waals surface area contributed by atoms with Crippen LogP contribution in [0, 0.1) is 20.8 Å². The van der Waals surface area contributed by atoms with E-state index in [-0.39, 0.29) is 11.9 Å². The monoisotopic (exact) mass is 374 g/mol. The lowest BCUT2D eigenvalue weighted by molar-refractivity contribution is -0.136. The highest BCUT2D eigenvalue weighted by atomic mass is 16.5. The van der Waals surface area contributed by atoms with Gasteiger partial charge >= 0.3 is 6.03 Å². The average Bonchev–Trinajstić information content (AvgIpc) is 2.67. The Morgan fingerprint density at radius 2 is 1.52 bits per heavy atom. The predicted molar refractivity (Wildman–Crippen MR) is 105 cm³/mol. The van der Waals surface area contributed by atoms with Gasteiger partial charge in [-0.3, -0.25) is 9.69 Å². The molecule has 7 heteroatoms. The van der Waals surface area contributed by atoms with Gasteiger partial charge < -0.3 is 19.9 Å². The normalized spacial score (nSPS) is 18.5. The fourth-order valence-corrected chi connectivity index (χ4v) is 3.50. The zero-order valence-electron chi connectivity index (χ0n) is 16.6. The summed E-state index contributed by atoms with van der Waals surface area (Å²) in [5.74, 6) is 0.155. The minimum absolute atomic E-state index is 0.0690. The van der Waals surface area contributed by atoms with E-state index in [1.54, 1.807) is 0 Å². The first-order valence-corrected chi connectivity index (χ1v) is 9.65.